The van der Waals surface area contributed by atoms with Gasteiger partial charge in [0.2, 0.25) is 0 Å². The van der Waals surface area contributed by atoms with Gasteiger partial charge in [-0.1, -0.05) is 42.5 Å². The summed E-state index contributed by atoms with van der Waals surface area (Å²) < 4.78 is 23.2. The molecule has 0 radical (unpaired) electrons. The van der Waals surface area contributed by atoms with E-state index in [1.165, 1.54) is 12.1 Å². The number of imidazole rings is 1. The van der Waals surface area contributed by atoms with Crippen LogP contribution in [0.15, 0.2) is 71.9 Å². The Morgan fingerprint density at radius 1 is 1.00 bits per heavy atom. The lowest BCUT2D eigenvalue weighted by Crippen LogP contribution is -2.30. The summed E-state index contributed by atoms with van der Waals surface area (Å²) in [6.45, 7) is 0. The van der Waals surface area contributed by atoms with Gasteiger partial charge in [0.25, 0.3) is 0 Å². The molecule has 0 aliphatic rings. The minimum absolute atomic E-state index is 0.205. The van der Waals surface area contributed by atoms with Gasteiger partial charge in [0, 0.05) is 18.6 Å². The molecule has 0 spiro atoms. The summed E-state index contributed by atoms with van der Waals surface area (Å²) in [6, 6.07) is 15.3. The van der Waals surface area contributed by atoms with Crippen molar-refractivity contribution in [3.63, 3.8) is 0 Å². The maximum absolute atomic E-state index is 11.6. The quantitative estimate of drug-likeness (QED) is 0.768. The van der Waals surface area contributed by atoms with E-state index >= 15 is 0 Å². The van der Waals surface area contributed by atoms with Gasteiger partial charge in [-0.15, -0.1) is 0 Å². The van der Waals surface area contributed by atoms with Gasteiger partial charge in [0.15, 0.2) is 15.4 Å². The van der Waals surface area contributed by atoms with E-state index in [2.05, 4.69) is 9.97 Å². The Morgan fingerprint density at radius 2 is 1.61 bits per heavy atom. The molecular weight excluding hydrogens is 312 g/mol. The number of sulfone groups is 1. The molecule has 118 valence electrons. The molecule has 0 saturated carbocycles. The Bertz CT molecular complexity index is 889. The second-order valence-corrected chi connectivity index (χ2v) is 7.33. The predicted octanol–water partition coefficient (Wildman–Crippen LogP) is 2.10. The van der Waals surface area contributed by atoms with E-state index in [0.717, 1.165) is 6.26 Å². The summed E-state index contributed by atoms with van der Waals surface area (Å²) in [5.41, 5.74) is -0.311. The molecule has 1 atom stereocenters. The van der Waals surface area contributed by atoms with E-state index in [1.807, 2.05) is 18.2 Å². The zero-order chi connectivity index (χ0) is 16.5. The normalized spacial score (nSPS) is 14.3. The molecule has 1 unspecified atom stereocenters. The molecule has 1 heterocycles. The van der Waals surface area contributed by atoms with Crippen molar-refractivity contribution in [1.82, 2.24) is 9.97 Å². The van der Waals surface area contributed by atoms with Crippen molar-refractivity contribution in [2.75, 3.05) is 6.26 Å². The number of nitrogens with one attached hydrogen (secondary N) is 1. The highest BCUT2D eigenvalue weighted by Gasteiger charge is 2.36. The second-order valence-electron chi connectivity index (χ2n) is 5.31. The maximum atomic E-state index is 11.6. The summed E-state index contributed by atoms with van der Waals surface area (Å²) in [5.74, 6) is 0.371. The largest absolute Gasteiger partial charge is 0.373 e. The van der Waals surface area contributed by atoms with Crippen molar-refractivity contribution in [2.24, 2.45) is 0 Å². The SMILES string of the molecule is CS(=O)(=O)c1ccc(C(O)(c2ccccc2)c2ncc[nH]2)cc1. The number of aromatic nitrogens is 2. The van der Waals surface area contributed by atoms with Crippen LogP contribution in [0.3, 0.4) is 0 Å². The number of aliphatic hydroxyl groups is 1. The second kappa shape index (κ2) is 5.64. The van der Waals surface area contributed by atoms with Gasteiger partial charge < -0.3 is 10.1 Å². The van der Waals surface area contributed by atoms with Gasteiger partial charge in [0.1, 0.15) is 5.82 Å². The first-order chi connectivity index (χ1) is 10.9. The topological polar surface area (TPSA) is 83.1 Å². The summed E-state index contributed by atoms with van der Waals surface area (Å²) >= 11 is 0. The van der Waals surface area contributed by atoms with Gasteiger partial charge in [-0.25, -0.2) is 13.4 Å². The lowest BCUT2D eigenvalue weighted by atomic mass is 9.85. The van der Waals surface area contributed by atoms with Crippen LogP contribution >= 0.6 is 0 Å². The van der Waals surface area contributed by atoms with Crippen LogP contribution in [0.4, 0.5) is 0 Å². The highest BCUT2D eigenvalue weighted by Crippen LogP contribution is 2.34. The van der Waals surface area contributed by atoms with Crippen LogP contribution in [0.1, 0.15) is 17.0 Å². The summed E-state index contributed by atoms with van der Waals surface area (Å²) in [4.78, 5) is 7.33. The standard InChI is InChI=1S/C17H16N2O3S/c1-23(21,22)15-9-7-14(8-10-15)17(20,16-18-11-12-19-16)13-5-3-2-4-6-13/h2-12,20H,1H3,(H,18,19). The molecule has 2 N–H and O–H groups in total. The molecular formula is C17H16N2O3S. The highest BCUT2D eigenvalue weighted by atomic mass is 32.2. The van der Waals surface area contributed by atoms with Gasteiger partial charge in [-0.3, -0.25) is 0 Å². The molecule has 0 fully saturated rings. The van der Waals surface area contributed by atoms with E-state index in [4.69, 9.17) is 0 Å². The lowest BCUT2D eigenvalue weighted by molar-refractivity contribution is 0.116. The van der Waals surface area contributed by atoms with Crippen molar-refractivity contribution in [1.29, 1.82) is 0 Å². The minimum Gasteiger partial charge on any atom is -0.373 e. The van der Waals surface area contributed by atoms with Crippen LogP contribution in [0, 0.1) is 0 Å². The third kappa shape index (κ3) is 2.78. The maximum Gasteiger partial charge on any atom is 0.175 e. The molecule has 23 heavy (non-hydrogen) atoms. The minimum atomic E-state index is -3.29. The van der Waals surface area contributed by atoms with Gasteiger partial charge in [-0.05, 0) is 23.3 Å². The molecule has 1 aromatic heterocycles. The van der Waals surface area contributed by atoms with E-state index in [0.29, 0.717) is 17.0 Å². The fourth-order valence-corrected chi connectivity index (χ4v) is 3.16. The zero-order valence-corrected chi connectivity index (χ0v) is 13.3. The van der Waals surface area contributed by atoms with Crippen molar-refractivity contribution in [3.8, 4) is 0 Å². The average Bonchev–Trinajstić information content (AvgIpc) is 3.09. The third-order valence-electron chi connectivity index (χ3n) is 3.73. The first kappa shape index (κ1) is 15.5. The van der Waals surface area contributed by atoms with Crippen LogP contribution < -0.4 is 0 Å². The van der Waals surface area contributed by atoms with Crippen LogP contribution in [0.25, 0.3) is 0 Å². The molecule has 2 aromatic carbocycles. The van der Waals surface area contributed by atoms with Crippen molar-refractivity contribution in [2.45, 2.75) is 10.5 Å². The molecule has 0 aliphatic carbocycles. The van der Waals surface area contributed by atoms with Crippen molar-refractivity contribution < 1.29 is 13.5 Å². The number of benzene rings is 2. The Kier molecular flexibility index (Phi) is 3.79. The smallest absolute Gasteiger partial charge is 0.175 e. The number of H-pyrrole nitrogens is 1. The van der Waals surface area contributed by atoms with E-state index < -0.39 is 15.4 Å². The molecule has 5 nitrogen and oxygen atoms in total. The Labute approximate surface area is 134 Å². The molecule has 3 aromatic rings. The molecule has 0 amide bonds. The fourth-order valence-electron chi connectivity index (χ4n) is 2.53. The van der Waals surface area contributed by atoms with Gasteiger partial charge in [0.05, 0.1) is 4.90 Å². The first-order valence-electron chi connectivity index (χ1n) is 7.01. The van der Waals surface area contributed by atoms with Crippen LogP contribution in [0.5, 0.6) is 0 Å². The van der Waals surface area contributed by atoms with Crippen molar-refractivity contribution in [3.05, 3.63) is 83.9 Å². The zero-order valence-electron chi connectivity index (χ0n) is 12.5. The Balaban J connectivity index is 2.18. The molecule has 3 rings (SSSR count). The lowest BCUT2D eigenvalue weighted by Gasteiger charge is -2.27. The van der Waals surface area contributed by atoms with Gasteiger partial charge in [-0.2, -0.15) is 0 Å². The predicted molar refractivity (Wildman–Crippen MR) is 86.7 cm³/mol. The Morgan fingerprint density at radius 3 is 2.13 bits per heavy atom. The highest BCUT2D eigenvalue weighted by molar-refractivity contribution is 7.90. The third-order valence-corrected chi connectivity index (χ3v) is 4.86. The summed E-state index contributed by atoms with van der Waals surface area (Å²) in [7, 11) is -3.29. The number of aromatic amines is 1. The first-order valence-corrected chi connectivity index (χ1v) is 8.90. The number of hydrogen-bond donors (Lipinski definition) is 2. The summed E-state index contributed by atoms with van der Waals surface area (Å²) in [5, 5.41) is 11.4. The van der Waals surface area contributed by atoms with E-state index in [9.17, 15) is 13.5 Å². The van der Waals surface area contributed by atoms with Crippen LogP contribution in [0.2, 0.25) is 0 Å². The average molecular weight is 328 g/mol. The fraction of sp³-hybridized carbons (Fsp3) is 0.118. The van der Waals surface area contributed by atoms with E-state index in [-0.39, 0.29) is 4.90 Å². The Hall–Kier alpha value is -2.44. The molecule has 0 aliphatic heterocycles. The molecule has 0 saturated heterocycles. The van der Waals surface area contributed by atoms with Crippen molar-refractivity contribution >= 4 is 9.84 Å². The van der Waals surface area contributed by atoms with Gasteiger partial charge >= 0.3 is 0 Å². The van der Waals surface area contributed by atoms with Crippen LogP contribution in [-0.4, -0.2) is 29.7 Å². The number of rotatable bonds is 4. The monoisotopic (exact) mass is 328 g/mol. The van der Waals surface area contributed by atoms with Crippen LogP contribution in [-0.2, 0) is 15.4 Å². The molecule has 0 bridgehead atoms. The van der Waals surface area contributed by atoms with E-state index in [1.54, 1.807) is 36.7 Å². The number of hydrogen-bond acceptors (Lipinski definition) is 4. The summed E-state index contributed by atoms with van der Waals surface area (Å²) in [6.07, 6.45) is 4.35. The number of nitrogens with zero attached hydrogens (tertiary/aromatic N) is 1. The molecule has 6 heteroatoms.